The highest BCUT2D eigenvalue weighted by Crippen LogP contribution is 2.24. The first-order chi connectivity index (χ1) is 13.6. The minimum atomic E-state index is -1.23. The Balaban J connectivity index is 2.13. The summed E-state index contributed by atoms with van der Waals surface area (Å²) in [6.07, 6.45) is -0.878. The van der Waals surface area contributed by atoms with Crippen molar-refractivity contribution in [1.82, 2.24) is 5.32 Å². The van der Waals surface area contributed by atoms with Crippen molar-refractivity contribution in [3.05, 3.63) is 64.4 Å². The highest BCUT2D eigenvalue weighted by Gasteiger charge is 2.25. The third-order valence-electron chi connectivity index (χ3n) is 3.82. The lowest BCUT2D eigenvalue weighted by Crippen LogP contribution is -2.44. The number of benzene rings is 2. The van der Waals surface area contributed by atoms with E-state index in [1.165, 1.54) is 12.1 Å². The van der Waals surface area contributed by atoms with Crippen molar-refractivity contribution in [3.8, 4) is 5.75 Å². The van der Waals surface area contributed by atoms with Gasteiger partial charge in [-0.15, -0.1) is 0 Å². The topological polar surface area (TPSA) is 84.9 Å². The number of aliphatic carboxylic acids is 1. The summed E-state index contributed by atoms with van der Waals surface area (Å²) in [6.45, 7) is 4.91. The van der Waals surface area contributed by atoms with Crippen LogP contribution in [0, 0.1) is 5.82 Å². The molecule has 8 heteroatoms. The molecule has 0 aliphatic rings. The SMILES string of the molecule is CC(C)(C)OC(=O)NC(Cc1ccccc1OCc1c(F)cccc1Cl)C(=O)O. The molecule has 0 fully saturated rings. The van der Waals surface area contributed by atoms with Gasteiger partial charge < -0.3 is 19.9 Å². The first-order valence-corrected chi connectivity index (χ1v) is 9.30. The highest BCUT2D eigenvalue weighted by molar-refractivity contribution is 6.31. The van der Waals surface area contributed by atoms with E-state index in [2.05, 4.69) is 5.32 Å². The quantitative estimate of drug-likeness (QED) is 0.681. The maximum absolute atomic E-state index is 13.9. The van der Waals surface area contributed by atoms with Gasteiger partial charge in [0.2, 0.25) is 0 Å². The molecule has 0 heterocycles. The lowest BCUT2D eigenvalue weighted by Gasteiger charge is -2.22. The first kappa shape index (κ1) is 22.5. The molecule has 0 aliphatic heterocycles. The summed E-state index contributed by atoms with van der Waals surface area (Å²) >= 11 is 6.01. The molecule has 29 heavy (non-hydrogen) atoms. The molecule has 2 aromatic carbocycles. The van der Waals surface area contributed by atoms with Gasteiger partial charge in [0, 0.05) is 12.0 Å². The summed E-state index contributed by atoms with van der Waals surface area (Å²) in [5.41, 5.74) is -0.0262. The van der Waals surface area contributed by atoms with Crippen LogP contribution < -0.4 is 10.1 Å². The summed E-state index contributed by atoms with van der Waals surface area (Å²) in [6, 6.07) is 9.83. The van der Waals surface area contributed by atoms with E-state index in [1.807, 2.05) is 0 Å². The highest BCUT2D eigenvalue weighted by atomic mass is 35.5. The molecular weight excluding hydrogens is 401 g/mol. The van der Waals surface area contributed by atoms with Crippen molar-refractivity contribution in [2.45, 2.75) is 45.4 Å². The molecule has 0 saturated carbocycles. The van der Waals surface area contributed by atoms with Crippen LogP contribution in [0.25, 0.3) is 0 Å². The maximum Gasteiger partial charge on any atom is 0.408 e. The summed E-state index contributed by atoms with van der Waals surface area (Å²) in [4.78, 5) is 23.6. The van der Waals surface area contributed by atoms with E-state index in [4.69, 9.17) is 21.1 Å². The van der Waals surface area contributed by atoms with Crippen LogP contribution in [-0.2, 0) is 22.6 Å². The maximum atomic E-state index is 13.9. The molecule has 1 amide bonds. The lowest BCUT2D eigenvalue weighted by atomic mass is 10.0. The molecular formula is C21H23ClFNO5. The Bertz CT molecular complexity index is 861. The smallest absolute Gasteiger partial charge is 0.408 e. The van der Waals surface area contributed by atoms with Crippen LogP contribution >= 0.6 is 11.6 Å². The molecule has 0 bridgehead atoms. The number of carbonyl (C=O) groups is 2. The number of hydrogen-bond donors (Lipinski definition) is 2. The van der Waals surface area contributed by atoms with Crippen LogP contribution in [0.15, 0.2) is 42.5 Å². The monoisotopic (exact) mass is 423 g/mol. The van der Waals surface area contributed by atoms with Crippen LogP contribution in [0.4, 0.5) is 9.18 Å². The van der Waals surface area contributed by atoms with Crippen LogP contribution in [0.5, 0.6) is 5.75 Å². The van der Waals surface area contributed by atoms with Gasteiger partial charge in [-0.3, -0.25) is 0 Å². The van der Waals surface area contributed by atoms with Gasteiger partial charge in [-0.1, -0.05) is 35.9 Å². The van der Waals surface area contributed by atoms with Crippen LogP contribution in [0.2, 0.25) is 5.02 Å². The van der Waals surface area contributed by atoms with Gasteiger partial charge in [0.05, 0.1) is 5.02 Å². The predicted octanol–water partition coefficient (Wildman–Crippen LogP) is 4.58. The minimum absolute atomic E-state index is 0.0459. The van der Waals surface area contributed by atoms with Gasteiger partial charge in [0.25, 0.3) is 0 Å². The van der Waals surface area contributed by atoms with E-state index in [0.717, 1.165) is 0 Å². The van der Waals surface area contributed by atoms with E-state index >= 15 is 0 Å². The zero-order valence-corrected chi connectivity index (χ0v) is 17.1. The number of para-hydroxylation sites is 1. The molecule has 0 aromatic heterocycles. The molecule has 0 radical (unpaired) electrons. The van der Waals surface area contributed by atoms with Gasteiger partial charge >= 0.3 is 12.1 Å². The summed E-state index contributed by atoms with van der Waals surface area (Å²) in [7, 11) is 0. The van der Waals surface area contributed by atoms with E-state index in [0.29, 0.717) is 11.3 Å². The molecule has 1 unspecified atom stereocenters. The first-order valence-electron chi connectivity index (χ1n) is 8.92. The van der Waals surface area contributed by atoms with E-state index in [1.54, 1.807) is 51.1 Å². The average Bonchev–Trinajstić information content (AvgIpc) is 2.60. The van der Waals surface area contributed by atoms with Crippen molar-refractivity contribution in [3.63, 3.8) is 0 Å². The minimum Gasteiger partial charge on any atom is -0.488 e. The number of halogens is 2. The Morgan fingerprint density at radius 1 is 1.17 bits per heavy atom. The molecule has 2 rings (SSSR count). The van der Waals surface area contributed by atoms with E-state index in [-0.39, 0.29) is 23.6 Å². The van der Waals surface area contributed by atoms with Crippen LogP contribution in [-0.4, -0.2) is 28.8 Å². The van der Waals surface area contributed by atoms with Gasteiger partial charge in [-0.05, 0) is 44.5 Å². The van der Waals surface area contributed by atoms with Gasteiger partial charge in [-0.2, -0.15) is 0 Å². The second-order valence-electron chi connectivity index (χ2n) is 7.34. The Kier molecular flexibility index (Phi) is 7.45. The third-order valence-corrected chi connectivity index (χ3v) is 4.17. The van der Waals surface area contributed by atoms with Crippen molar-refractivity contribution in [2.24, 2.45) is 0 Å². The zero-order chi connectivity index (χ0) is 21.6. The second-order valence-corrected chi connectivity index (χ2v) is 7.74. The second kappa shape index (κ2) is 9.60. The number of hydrogen-bond acceptors (Lipinski definition) is 4. The van der Waals surface area contributed by atoms with Crippen molar-refractivity contribution >= 4 is 23.7 Å². The molecule has 0 aliphatic carbocycles. The fourth-order valence-electron chi connectivity index (χ4n) is 2.50. The van der Waals surface area contributed by atoms with Crippen molar-refractivity contribution in [2.75, 3.05) is 0 Å². The van der Waals surface area contributed by atoms with Gasteiger partial charge in [0.15, 0.2) is 0 Å². The summed E-state index contributed by atoms with van der Waals surface area (Å²) in [5.74, 6) is -1.35. The molecule has 0 spiro atoms. The van der Waals surface area contributed by atoms with Crippen LogP contribution in [0.1, 0.15) is 31.9 Å². The van der Waals surface area contributed by atoms with E-state index in [9.17, 15) is 19.1 Å². The molecule has 156 valence electrons. The number of alkyl carbamates (subject to hydrolysis) is 1. The standard InChI is InChI=1S/C21H23ClFNO5/c1-21(2,3)29-20(27)24-17(19(25)26)11-13-7-4-5-10-18(13)28-12-14-15(22)8-6-9-16(14)23/h4-10,17H,11-12H2,1-3H3,(H,24,27)(H,25,26). The normalized spacial score (nSPS) is 12.2. The number of ether oxygens (including phenoxy) is 2. The fraction of sp³-hybridized carbons (Fsp3) is 0.333. The number of carboxylic acids is 1. The van der Waals surface area contributed by atoms with E-state index < -0.39 is 29.5 Å². The molecule has 2 aromatic rings. The largest absolute Gasteiger partial charge is 0.488 e. The number of nitrogens with one attached hydrogen (secondary N) is 1. The Morgan fingerprint density at radius 3 is 2.48 bits per heavy atom. The molecule has 0 saturated heterocycles. The van der Waals surface area contributed by atoms with Gasteiger partial charge in [0.1, 0.15) is 29.8 Å². The predicted molar refractivity (Wildman–Crippen MR) is 107 cm³/mol. The van der Waals surface area contributed by atoms with Crippen molar-refractivity contribution < 1.29 is 28.6 Å². The third kappa shape index (κ3) is 6.94. The number of carbonyl (C=O) groups excluding carboxylic acids is 1. The van der Waals surface area contributed by atoms with Crippen molar-refractivity contribution in [1.29, 1.82) is 0 Å². The number of amides is 1. The fourth-order valence-corrected chi connectivity index (χ4v) is 2.72. The van der Waals surface area contributed by atoms with Gasteiger partial charge in [-0.25, -0.2) is 14.0 Å². The molecule has 2 N–H and O–H groups in total. The molecule has 6 nitrogen and oxygen atoms in total. The Hall–Kier alpha value is -2.80. The number of rotatable bonds is 7. The lowest BCUT2D eigenvalue weighted by molar-refractivity contribution is -0.139. The zero-order valence-electron chi connectivity index (χ0n) is 16.4. The summed E-state index contributed by atoms with van der Waals surface area (Å²) < 4.78 is 24.8. The average molecular weight is 424 g/mol. The molecule has 1 atom stereocenters. The number of carboxylic acid groups (broad SMARTS) is 1. The summed E-state index contributed by atoms with van der Waals surface area (Å²) in [5, 5.41) is 12.1. The van der Waals surface area contributed by atoms with Crippen LogP contribution in [0.3, 0.4) is 0 Å². The Labute approximate surface area is 173 Å². The Morgan fingerprint density at radius 2 is 1.86 bits per heavy atom.